The van der Waals surface area contributed by atoms with Crippen LogP contribution in [-0.4, -0.2) is 18.4 Å². The Kier molecular flexibility index (Phi) is 2.23. The fourth-order valence-corrected chi connectivity index (χ4v) is 3.05. The fraction of sp³-hybridized carbons (Fsp3) is 0.500. The standard InChI is InChI=1S/C14H17NO/c1-10-6-7-15-11(8-10)9-14(16)12-4-2-3-5-13(12)15/h2-5,10-11H,6-9H2,1H3/t10-,11-/m1/s1. The van der Waals surface area contributed by atoms with Crippen LogP contribution in [-0.2, 0) is 0 Å². The molecule has 3 rings (SSSR count). The predicted octanol–water partition coefficient (Wildman–Crippen LogP) is 2.88. The van der Waals surface area contributed by atoms with E-state index in [9.17, 15) is 4.79 Å². The summed E-state index contributed by atoms with van der Waals surface area (Å²) in [5.41, 5.74) is 2.09. The van der Waals surface area contributed by atoms with Gasteiger partial charge in [0.05, 0.1) is 0 Å². The second-order valence-corrected chi connectivity index (χ2v) is 5.12. The summed E-state index contributed by atoms with van der Waals surface area (Å²) in [7, 11) is 0. The normalized spacial score (nSPS) is 28.6. The highest BCUT2D eigenvalue weighted by Crippen LogP contribution is 2.36. The summed E-state index contributed by atoms with van der Waals surface area (Å²) in [4.78, 5) is 14.5. The minimum atomic E-state index is 0.325. The number of fused-ring (bicyclic) bond motifs is 3. The maximum atomic E-state index is 12.0. The number of nitrogens with zero attached hydrogens (tertiary/aromatic N) is 1. The van der Waals surface area contributed by atoms with Crippen molar-refractivity contribution in [2.24, 2.45) is 5.92 Å². The number of benzene rings is 1. The molecule has 0 amide bonds. The van der Waals surface area contributed by atoms with Crippen LogP contribution >= 0.6 is 0 Å². The Morgan fingerprint density at radius 3 is 3.00 bits per heavy atom. The molecule has 0 saturated carbocycles. The first-order chi connectivity index (χ1) is 7.75. The van der Waals surface area contributed by atoms with Gasteiger partial charge in [0.1, 0.15) is 0 Å². The summed E-state index contributed by atoms with van der Waals surface area (Å²) in [6.07, 6.45) is 3.13. The molecule has 16 heavy (non-hydrogen) atoms. The maximum absolute atomic E-state index is 12.0. The molecule has 0 spiro atoms. The van der Waals surface area contributed by atoms with Gasteiger partial charge in [-0.1, -0.05) is 19.1 Å². The summed E-state index contributed by atoms with van der Waals surface area (Å²) in [6.45, 7) is 3.40. The van der Waals surface area contributed by atoms with E-state index in [-0.39, 0.29) is 0 Å². The molecular formula is C14H17NO. The zero-order chi connectivity index (χ0) is 11.1. The fourth-order valence-electron chi connectivity index (χ4n) is 3.05. The SMILES string of the molecule is C[C@@H]1CCN2c3ccccc3C(=O)C[C@H]2C1. The van der Waals surface area contributed by atoms with Gasteiger partial charge in [0.15, 0.2) is 5.78 Å². The van der Waals surface area contributed by atoms with E-state index in [2.05, 4.69) is 17.9 Å². The molecule has 2 aliphatic rings. The van der Waals surface area contributed by atoms with Gasteiger partial charge in [-0.05, 0) is 30.9 Å². The lowest BCUT2D eigenvalue weighted by Crippen LogP contribution is -2.46. The van der Waals surface area contributed by atoms with E-state index in [1.807, 2.05) is 18.2 Å². The van der Waals surface area contributed by atoms with Crippen LogP contribution in [0.5, 0.6) is 0 Å². The van der Waals surface area contributed by atoms with Gasteiger partial charge in [0.25, 0.3) is 0 Å². The zero-order valence-corrected chi connectivity index (χ0v) is 9.65. The highest BCUT2D eigenvalue weighted by molar-refractivity contribution is 6.03. The van der Waals surface area contributed by atoms with E-state index in [0.29, 0.717) is 18.2 Å². The van der Waals surface area contributed by atoms with Crippen LogP contribution in [0.15, 0.2) is 24.3 Å². The number of rotatable bonds is 0. The first-order valence-electron chi connectivity index (χ1n) is 6.14. The Bertz CT molecular complexity index is 426. The van der Waals surface area contributed by atoms with Crippen molar-refractivity contribution in [1.82, 2.24) is 0 Å². The first-order valence-corrected chi connectivity index (χ1v) is 6.14. The van der Waals surface area contributed by atoms with E-state index in [1.54, 1.807) is 0 Å². The Labute approximate surface area is 96.3 Å². The van der Waals surface area contributed by atoms with Crippen molar-refractivity contribution in [1.29, 1.82) is 0 Å². The first kappa shape index (κ1) is 9.88. The molecule has 1 fully saturated rings. The quantitative estimate of drug-likeness (QED) is 0.663. The largest absolute Gasteiger partial charge is 0.367 e. The molecule has 0 N–H and O–H groups in total. The molecule has 0 bridgehead atoms. The summed E-state index contributed by atoms with van der Waals surface area (Å²) in [6, 6.07) is 8.50. The van der Waals surface area contributed by atoms with Crippen LogP contribution in [0.3, 0.4) is 0 Å². The average Bonchev–Trinajstić information content (AvgIpc) is 2.29. The Hall–Kier alpha value is -1.31. The van der Waals surface area contributed by atoms with Crippen molar-refractivity contribution in [2.45, 2.75) is 32.2 Å². The average molecular weight is 215 g/mol. The van der Waals surface area contributed by atoms with Crippen molar-refractivity contribution >= 4 is 11.5 Å². The topological polar surface area (TPSA) is 20.3 Å². The zero-order valence-electron chi connectivity index (χ0n) is 9.65. The predicted molar refractivity (Wildman–Crippen MR) is 64.9 cm³/mol. The molecule has 2 heterocycles. The lowest BCUT2D eigenvalue weighted by atomic mass is 9.84. The number of para-hydroxylation sites is 1. The Morgan fingerprint density at radius 1 is 1.31 bits per heavy atom. The lowest BCUT2D eigenvalue weighted by Gasteiger charge is -2.43. The molecule has 2 nitrogen and oxygen atoms in total. The van der Waals surface area contributed by atoms with Crippen LogP contribution in [0.1, 0.15) is 36.5 Å². The molecule has 0 unspecified atom stereocenters. The van der Waals surface area contributed by atoms with Crippen LogP contribution in [0, 0.1) is 5.92 Å². The number of hydrogen-bond donors (Lipinski definition) is 0. The van der Waals surface area contributed by atoms with Crippen molar-refractivity contribution in [3.63, 3.8) is 0 Å². The van der Waals surface area contributed by atoms with E-state index in [4.69, 9.17) is 0 Å². The van der Waals surface area contributed by atoms with Crippen LogP contribution in [0.2, 0.25) is 0 Å². The smallest absolute Gasteiger partial charge is 0.167 e. The minimum Gasteiger partial charge on any atom is -0.367 e. The maximum Gasteiger partial charge on any atom is 0.167 e. The molecule has 0 aliphatic carbocycles. The third-order valence-corrected chi connectivity index (χ3v) is 3.91. The van der Waals surface area contributed by atoms with Crippen molar-refractivity contribution in [3.05, 3.63) is 29.8 Å². The molecule has 0 aromatic heterocycles. The number of Topliss-reactive ketones (excluding diaryl/α,β-unsaturated/α-hetero) is 1. The molecule has 2 aliphatic heterocycles. The third-order valence-electron chi connectivity index (χ3n) is 3.91. The molecule has 2 heteroatoms. The van der Waals surface area contributed by atoms with E-state index in [0.717, 1.165) is 23.7 Å². The van der Waals surface area contributed by atoms with Gasteiger partial charge in [-0.2, -0.15) is 0 Å². The summed E-state index contributed by atoms with van der Waals surface area (Å²) >= 11 is 0. The van der Waals surface area contributed by atoms with Crippen LogP contribution in [0.4, 0.5) is 5.69 Å². The second kappa shape index (κ2) is 3.62. The number of piperidine rings is 1. The molecular weight excluding hydrogens is 198 g/mol. The van der Waals surface area contributed by atoms with E-state index >= 15 is 0 Å². The van der Waals surface area contributed by atoms with Crippen LogP contribution in [0.25, 0.3) is 0 Å². The van der Waals surface area contributed by atoms with Gasteiger partial charge >= 0.3 is 0 Å². The van der Waals surface area contributed by atoms with E-state index in [1.165, 1.54) is 12.8 Å². The van der Waals surface area contributed by atoms with Crippen molar-refractivity contribution in [3.8, 4) is 0 Å². The van der Waals surface area contributed by atoms with Gasteiger partial charge in [-0.25, -0.2) is 0 Å². The van der Waals surface area contributed by atoms with E-state index < -0.39 is 0 Å². The minimum absolute atomic E-state index is 0.325. The Morgan fingerprint density at radius 2 is 2.12 bits per heavy atom. The Balaban J connectivity index is 2.01. The number of hydrogen-bond acceptors (Lipinski definition) is 2. The molecule has 1 aromatic rings. The lowest BCUT2D eigenvalue weighted by molar-refractivity contribution is 0.0956. The van der Waals surface area contributed by atoms with Crippen molar-refractivity contribution in [2.75, 3.05) is 11.4 Å². The number of ketones is 1. The highest BCUT2D eigenvalue weighted by Gasteiger charge is 2.34. The van der Waals surface area contributed by atoms with Gasteiger partial charge in [0.2, 0.25) is 0 Å². The molecule has 84 valence electrons. The molecule has 2 atom stereocenters. The van der Waals surface area contributed by atoms with Crippen LogP contribution < -0.4 is 4.90 Å². The number of carbonyl (C=O) groups is 1. The highest BCUT2D eigenvalue weighted by atomic mass is 16.1. The van der Waals surface area contributed by atoms with Gasteiger partial charge in [0, 0.05) is 30.3 Å². The summed E-state index contributed by atoms with van der Waals surface area (Å²) in [5.74, 6) is 1.09. The summed E-state index contributed by atoms with van der Waals surface area (Å²) in [5, 5.41) is 0. The second-order valence-electron chi connectivity index (χ2n) is 5.12. The summed E-state index contributed by atoms with van der Waals surface area (Å²) < 4.78 is 0. The molecule has 0 radical (unpaired) electrons. The van der Waals surface area contributed by atoms with Gasteiger partial charge < -0.3 is 4.90 Å². The number of carbonyl (C=O) groups excluding carboxylic acids is 1. The third kappa shape index (κ3) is 1.44. The van der Waals surface area contributed by atoms with Crippen molar-refractivity contribution < 1.29 is 4.79 Å². The molecule has 1 saturated heterocycles. The molecule has 1 aromatic carbocycles. The van der Waals surface area contributed by atoms with Gasteiger partial charge in [-0.15, -0.1) is 0 Å². The number of anilines is 1. The monoisotopic (exact) mass is 215 g/mol. The van der Waals surface area contributed by atoms with Gasteiger partial charge in [-0.3, -0.25) is 4.79 Å².